The van der Waals surface area contributed by atoms with Crippen LogP contribution in [0, 0.1) is 0 Å². The summed E-state index contributed by atoms with van der Waals surface area (Å²) in [6.07, 6.45) is 1.80. The van der Waals surface area contributed by atoms with Crippen molar-refractivity contribution in [1.82, 2.24) is 19.7 Å². The fourth-order valence-corrected chi connectivity index (χ4v) is 3.32. The van der Waals surface area contributed by atoms with Crippen LogP contribution in [0.1, 0.15) is 11.6 Å². The van der Waals surface area contributed by atoms with Crippen molar-refractivity contribution in [3.05, 3.63) is 36.0 Å². The number of carboxylic acid groups (broad SMARTS) is 1. The molecule has 0 radical (unpaired) electrons. The molecule has 2 aromatic rings. The number of likely N-dealkylation sites (N-methyl/N-ethyl adjacent to an activating group) is 1. The van der Waals surface area contributed by atoms with Crippen LogP contribution in [0.15, 0.2) is 30.5 Å². The lowest BCUT2D eigenvalue weighted by Gasteiger charge is -2.37. The zero-order chi connectivity index (χ0) is 18.0. The Labute approximate surface area is 146 Å². The summed E-state index contributed by atoms with van der Waals surface area (Å²) in [7, 11) is 3.49. The first-order valence-electron chi connectivity index (χ1n) is 8.42. The molecule has 1 aromatic carbocycles. The van der Waals surface area contributed by atoms with Gasteiger partial charge in [-0.05, 0) is 6.07 Å². The molecule has 1 aliphatic rings. The molecule has 2 N–H and O–H groups in total. The highest BCUT2D eigenvalue weighted by atomic mass is 16.4. The van der Waals surface area contributed by atoms with Crippen LogP contribution in [0.4, 0.5) is 0 Å². The Morgan fingerprint density at radius 1 is 1.20 bits per heavy atom. The minimum absolute atomic E-state index is 0.0693. The van der Waals surface area contributed by atoms with E-state index >= 15 is 0 Å². The highest BCUT2D eigenvalue weighted by molar-refractivity contribution is 5.89. The third-order valence-electron chi connectivity index (χ3n) is 4.78. The normalized spacial score (nSPS) is 17.5. The highest BCUT2D eigenvalue weighted by Crippen LogP contribution is 2.29. The van der Waals surface area contributed by atoms with Gasteiger partial charge in [0.05, 0.1) is 6.54 Å². The summed E-state index contributed by atoms with van der Waals surface area (Å²) < 4.78 is 0. The molecule has 1 saturated heterocycles. The van der Waals surface area contributed by atoms with Gasteiger partial charge in [0.1, 0.15) is 6.04 Å². The molecule has 0 bridgehead atoms. The molecule has 1 amide bonds. The maximum atomic E-state index is 12.0. The maximum absolute atomic E-state index is 12.0. The fourth-order valence-electron chi connectivity index (χ4n) is 3.32. The topological polar surface area (TPSA) is 79.9 Å². The van der Waals surface area contributed by atoms with Crippen molar-refractivity contribution >= 4 is 22.8 Å². The first kappa shape index (κ1) is 17.4. The Bertz CT molecular complexity index is 763. The molecule has 1 aromatic heterocycles. The molecule has 0 unspecified atom stereocenters. The number of benzene rings is 1. The number of carbonyl (C=O) groups is 2. The average Bonchev–Trinajstić information content (AvgIpc) is 3.00. The van der Waals surface area contributed by atoms with Crippen molar-refractivity contribution in [2.75, 3.05) is 46.8 Å². The number of para-hydroxylation sites is 1. The molecule has 0 saturated carbocycles. The number of nitrogens with zero attached hydrogens (tertiary/aromatic N) is 3. The van der Waals surface area contributed by atoms with Crippen molar-refractivity contribution in [3.8, 4) is 0 Å². The van der Waals surface area contributed by atoms with Crippen molar-refractivity contribution in [2.45, 2.75) is 6.04 Å². The number of H-pyrrole nitrogens is 1. The zero-order valence-corrected chi connectivity index (χ0v) is 14.6. The van der Waals surface area contributed by atoms with E-state index in [0.717, 1.165) is 16.5 Å². The number of rotatable bonds is 5. The summed E-state index contributed by atoms with van der Waals surface area (Å²) in [6, 6.07) is 7.07. The zero-order valence-electron chi connectivity index (χ0n) is 14.6. The van der Waals surface area contributed by atoms with Crippen LogP contribution in [0.25, 0.3) is 10.9 Å². The Morgan fingerprint density at radius 3 is 2.52 bits per heavy atom. The summed E-state index contributed by atoms with van der Waals surface area (Å²) in [5, 5.41) is 10.8. The second kappa shape index (κ2) is 7.25. The van der Waals surface area contributed by atoms with Gasteiger partial charge in [-0.3, -0.25) is 19.4 Å². The SMILES string of the molecule is CN(C)C(=O)CN1CCN([C@@H](C(=O)O)c2c[nH]c3ccccc23)CC1. The Hall–Kier alpha value is -2.38. The summed E-state index contributed by atoms with van der Waals surface area (Å²) in [5.74, 6) is -0.776. The molecule has 2 heterocycles. The standard InChI is InChI=1S/C18H24N4O3/c1-20(2)16(23)12-21-7-9-22(10-8-21)17(18(24)25)14-11-19-15-6-4-3-5-13(14)15/h3-6,11,17,19H,7-10,12H2,1-2H3,(H,24,25)/t17-/m1/s1. The third-order valence-corrected chi connectivity index (χ3v) is 4.78. The molecule has 0 aliphatic carbocycles. The van der Waals surface area contributed by atoms with Gasteiger partial charge in [-0.15, -0.1) is 0 Å². The first-order valence-corrected chi connectivity index (χ1v) is 8.42. The predicted octanol–water partition coefficient (Wildman–Crippen LogP) is 0.999. The van der Waals surface area contributed by atoms with E-state index in [1.807, 2.05) is 29.2 Å². The van der Waals surface area contributed by atoms with Gasteiger partial charge in [-0.2, -0.15) is 0 Å². The van der Waals surface area contributed by atoms with Gasteiger partial charge in [-0.1, -0.05) is 18.2 Å². The number of hydrogen-bond donors (Lipinski definition) is 2. The predicted molar refractivity (Wildman–Crippen MR) is 95.4 cm³/mol. The number of carboxylic acids is 1. The van der Waals surface area contributed by atoms with E-state index in [1.54, 1.807) is 25.2 Å². The van der Waals surface area contributed by atoms with E-state index < -0.39 is 12.0 Å². The lowest BCUT2D eigenvalue weighted by atomic mass is 10.0. The summed E-state index contributed by atoms with van der Waals surface area (Å²) in [4.78, 5) is 32.6. The van der Waals surface area contributed by atoms with Crippen LogP contribution >= 0.6 is 0 Å². The molecule has 1 atom stereocenters. The number of fused-ring (bicyclic) bond motifs is 1. The Balaban J connectivity index is 1.73. The first-order chi connectivity index (χ1) is 12.0. The Kier molecular flexibility index (Phi) is 5.06. The number of hydrogen-bond acceptors (Lipinski definition) is 4. The van der Waals surface area contributed by atoms with Crippen LogP contribution < -0.4 is 0 Å². The summed E-state index contributed by atoms with van der Waals surface area (Å²) >= 11 is 0. The van der Waals surface area contributed by atoms with Gasteiger partial charge in [0.15, 0.2) is 0 Å². The van der Waals surface area contributed by atoms with Crippen LogP contribution in [0.2, 0.25) is 0 Å². The van der Waals surface area contributed by atoms with Crippen LogP contribution in [-0.2, 0) is 9.59 Å². The van der Waals surface area contributed by atoms with Gasteiger partial charge in [-0.25, -0.2) is 0 Å². The minimum atomic E-state index is -0.845. The van der Waals surface area contributed by atoms with Crippen molar-refractivity contribution in [2.24, 2.45) is 0 Å². The lowest BCUT2D eigenvalue weighted by molar-refractivity contribution is -0.145. The van der Waals surface area contributed by atoms with Gasteiger partial charge < -0.3 is 15.0 Å². The highest BCUT2D eigenvalue weighted by Gasteiger charge is 2.32. The molecule has 3 rings (SSSR count). The molecule has 0 spiro atoms. The van der Waals surface area contributed by atoms with Gasteiger partial charge in [0, 0.05) is 62.9 Å². The van der Waals surface area contributed by atoms with E-state index in [4.69, 9.17) is 0 Å². The van der Waals surface area contributed by atoms with E-state index in [0.29, 0.717) is 32.7 Å². The van der Waals surface area contributed by atoms with E-state index in [-0.39, 0.29) is 5.91 Å². The monoisotopic (exact) mass is 344 g/mol. The van der Waals surface area contributed by atoms with Gasteiger partial charge >= 0.3 is 5.97 Å². The third kappa shape index (κ3) is 3.67. The van der Waals surface area contributed by atoms with Crippen molar-refractivity contribution < 1.29 is 14.7 Å². The largest absolute Gasteiger partial charge is 0.480 e. The number of nitrogens with one attached hydrogen (secondary N) is 1. The molecular weight excluding hydrogens is 320 g/mol. The number of piperazine rings is 1. The second-order valence-electron chi connectivity index (χ2n) is 6.63. The average molecular weight is 344 g/mol. The van der Waals surface area contributed by atoms with Crippen molar-refractivity contribution in [1.29, 1.82) is 0 Å². The van der Waals surface area contributed by atoms with E-state index in [9.17, 15) is 14.7 Å². The number of aromatic amines is 1. The molecule has 1 fully saturated rings. The molecule has 25 heavy (non-hydrogen) atoms. The van der Waals surface area contributed by atoms with E-state index in [2.05, 4.69) is 9.88 Å². The molecule has 7 nitrogen and oxygen atoms in total. The fraction of sp³-hybridized carbons (Fsp3) is 0.444. The van der Waals surface area contributed by atoms with E-state index in [1.165, 1.54) is 0 Å². The second-order valence-corrected chi connectivity index (χ2v) is 6.63. The van der Waals surface area contributed by atoms with Crippen LogP contribution in [-0.4, -0.2) is 83.5 Å². The smallest absolute Gasteiger partial charge is 0.325 e. The molecule has 134 valence electrons. The van der Waals surface area contributed by atoms with Crippen LogP contribution in [0.3, 0.4) is 0 Å². The molecule has 7 heteroatoms. The molecule has 1 aliphatic heterocycles. The number of aromatic nitrogens is 1. The van der Waals surface area contributed by atoms with Gasteiger partial charge in [0.2, 0.25) is 5.91 Å². The number of aliphatic carboxylic acids is 1. The Morgan fingerprint density at radius 2 is 1.88 bits per heavy atom. The summed E-state index contributed by atoms with van der Waals surface area (Å²) in [6.45, 7) is 3.00. The molecular formula is C18H24N4O3. The number of carbonyl (C=O) groups excluding carboxylic acids is 1. The van der Waals surface area contributed by atoms with Crippen LogP contribution in [0.5, 0.6) is 0 Å². The van der Waals surface area contributed by atoms with Gasteiger partial charge in [0.25, 0.3) is 0 Å². The minimum Gasteiger partial charge on any atom is -0.480 e. The lowest BCUT2D eigenvalue weighted by Crippen LogP contribution is -2.51. The maximum Gasteiger partial charge on any atom is 0.325 e. The number of amides is 1. The quantitative estimate of drug-likeness (QED) is 0.846. The van der Waals surface area contributed by atoms with Crippen molar-refractivity contribution in [3.63, 3.8) is 0 Å². The summed E-state index contributed by atoms with van der Waals surface area (Å²) in [5.41, 5.74) is 1.74.